The number of hydrogen-bond acceptors (Lipinski definition) is 2. The molecule has 1 aliphatic carbocycles. The Kier molecular flexibility index (Phi) is 4.57. The van der Waals surface area contributed by atoms with E-state index in [4.69, 9.17) is 11.6 Å². The van der Waals surface area contributed by atoms with E-state index in [1.165, 1.54) is 18.2 Å². The van der Waals surface area contributed by atoms with Crippen LogP contribution in [0.1, 0.15) is 37.7 Å². The Hall–Kier alpha value is -1.62. The van der Waals surface area contributed by atoms with Gasteiger partial charge in [-0.05, 0) is 42.9 Å². The van der Waals surface area contributed by atoms with Crippen molar-refractivity contribution in [3.8, 4) is 0 Å². The van der Waals surface area contributed by atoms with Gasteiger partial charge in [0.25, 0.3) is 0 Å². The lowest BCUT2D eigenvalue weighted by Crippen LogP contribution is -2.46. The molecule has 1 amide bonds. The first-order valence-corrected chi connectivity index (χ1v) is 8.33. The Morgan fingerprint density at radius 3 is 2.74 bits per heavy atom. The summed E-state index contributed by atoms with van der Waals surface area (Å²) < 4.78 is 13.1. The van der Waals surface area contributed by atoms with Crippen molar-refractivity contribution in [1.29, 1.82) is 0 Å². The number of carboxylic acids is 1. The number of hydrogen-bond donors (Lipinski definition) is 1. The quantitative estimate of drug-likeness (QED) is 0.919. The molecule has 2 fully saturated rings. The molecule has 2 aliphatic rings. The molecule has 4 nitrogen and oxygen atoms in total. The second-order valence-electron chi connectivity index (χ2n) is 6.42. The van der Waals surface area contributed by atoms with Gasteiger partial charge in [0.15, 0.2) is 0 Å². The molecule has 124 valence electrons. The third kappa shape index (κ3) is 3.20. The van der Waals surface area contributed by atoms with Gasteiger partial charge in [0, 0.05) is 11.1 Å². The van der Waals surface area contributed by atoms with Gasteiger partial charge in [-0.15, -0.1) is 0 Å². The number of benzene rings is 1. The number of rotatable bonds is 3. The van der Waals surface area contributed by atoms with Gasteiger partial charge in [0.05, 0.1) is 6.42 Å². The second-order valence-corrected chi connectivity index (χ2v) is 6.82. The van der Waals surface area contributed by atoms with Crippen LogP contribution in [0.15, 0.2) is 18.2 Å². The van der Waals surface area contributed by atoms with Crippen molar-refractivity contribution in [3.05, 3.63) is 34.6 Å². The first-order valence-electron chi connectivity index (χ1n) is 7.95. The normalized spacial score (nSPS) is 26.9. The van der Waals surface area contributed by atoms with E-state index in [9.17, 15) is 19.1 Å². The van der Waals surface area contributed by atoms with Crippen molar-refractivity contribution in [2.75, 3.05) is 0 Å². The molecular weight excluding hydrogens is 321 g/mol. The molecule has 1 aliphatic heterocycles. The molecule has 0 bridgehead atoms. The van der Waals surface area contributed by atoms with Gasteiger partial charge < -0.3 is 10.0 Å². The lowest BCUT2D eigenvalue weighted by molar-refractivity contribution is -0.149. The minimum Gasteiger partial charge on any atom is -0.480 e. The van der Waals surface area contributed by atoms with E-state index in [2.05, 4.69) is 0 Å². The van der Waals surface area contributed by atoms with Gasteiger partial charge >= 0.3 is 5.97 Å². The number of halogens is 2. The predicted molar refractivity (Wildman–Crippen MR) is 83.7 cm³/mol. The molecule has 3 atom stereocenters. The highest BCUT2D eigenvalue weighted by atomic mass is 35.5. The maximum Gasteiger partial charge on any atom is 0.326 e. The number of likely N-dealkylation sites (tertiary alicyclic amines) is 1. The average molecular weight is 340 g/mol. The molecule has 1 aromatic carbocycles. The fraction of sp³-hybridized carbons (Fsp3) is 0.529. The second kappa shape index (κ2) is 6.48. The third-order valence-electron chi connectivity index (χ3n) is 5.02. The first kappa shape index (κ1) is 16.2. The Bertz CT molecular complexity index is 636. The Labute approximate surface area is 139 Å². The van der Waals surface area contributed by atoms with E-state index in [1.807, 2.05) is 0 Å². The van der Waals surface area contributed by atoms with E-state index >= 15 is 0 Å². The summed E-state index contributed by atoms with van der Waals surface area (Å²) in [4.78, 5) is 25.8. The van der Waals surface area contributed by atoms with Crippen LogP contribution in [0.3, 0.4) is 0 Å². The zero-order chi connectivity index (χ0) is 16.6. The number of carbonyl (C=O) groups excluding carboxylic acids is 1. The molecule has 3 unspecified atom stereocenters. The fourth-order valence-electron chi connectivity index (χ4n) is 3.96. The molecule has 23 heavy (non-hydrogen) atoms. The van der Waals surface area contributed by atoms with Crippen LogP contribution in [-0.2, 0) is 16.0 Å². The van der Waals surface area contributed by atoms with Gasteiger partial charge in [-0.2, -0.15) is 0 Å². The highest BCUT2D eigenvalue weighted by Crippen LogP contribution is 2.40. The van der Waals surface area contributed by atoms with Crippen molar-refractivity contribution in [1.82, 2.24) is 4.90 Å². The smallest absolute Gasteiger partial charge is 0.326 e. The minimum atomic E-state index is -0.946. The molecule has 6 heteroatoms. The van der Waals surface area contributed by atoms with Crippen molar-refractivity contribution in [3.63, 3.8) is 0 Å². The number of carbonyl (C=O) groups is 2. The molecule has 1 heterocycles. The monoisotopic (exact) mass is 339 g/mol. The summed E-state index contributed by atoms with van der Waals surface area (Å²) >= 11 is 5.99. The summed E-state index contributed by atoms with van der Waals surface area (Å²) in [6.45, 7) is 0. The van der Waals surface area contributed by atoms with Crippen molar-refractivity contribution >= 4 is 23.5 Å². The summed E-state index contributed by atoms with van der Waals surface area (Å²) in [5, 5.41) is 9.67. The summed E-state index contributed by atoms with van der Waals surface area (Å²) in [5.74, 6) is -1.36. The Morgan fingerprint density at radius 1 is 1.30 bits per heavy atom. The maximum absolute atomic E-state index is 13.1. The summed E-state index contributed by atoms with van der Waals surface area (Å²) in [6, 6.07) is 3.18. The lowest BCUT2D eigenvalue weighted by Gasteiger charge is -2.33. The highest BCUT2D eigenvalue weighted by molar-refractivity contribution is 6.31. The standard InChI is InChI=1S/C17H19ClFNO3/c18-13-9-12(19)6-5-10(13)8-16(21)20-14-4-2-1-3-11(14)7-15(20)17(22)23/h5-6,9,11,14-15H,1-4,7-8H2,(H,22,23). The predicted octanol–water partition coefficient (Wildman–Crippen LogP) is 3.27. The number of amides is 1. The van der Waals surface area contributed by atoms with Gasteiger partial charge in [-0.25, -0.2) is 9.18 Å². The summed E-state index contributed by atoms with van der Waals surface area (Å²) in [5.41, 5.74) is 0.529. The third-order valence-corrected chi connectivity index (χ3v) is 5.37. The zero-order valence-corrected chi connectivity index (χ0v) is 13.4. The number of nitrogens with zero attached hydrogens (tertiary/aromatic N) is 1. The van der Waals surface area contributed by atoms with Crippen molar-refractivity contribution in [2.24, 2.45) is 5.92 Å². The van der Waals surface area contributed by atoms with Crippen LogP contribution in [0, 0.1) is 11.7 Å². The van der Waals surface area contributed by atoms with E-state index < -0.39 is 17.8 Å². The van der Waals surface area contributed by atoms with Gasteiger partial charge in [-0.3, -0.25) is 4.79 Å². The van der Waals surface area contributed by atoms with Crippen LogP contribution >= 0.6 is 11.6 Å². The van der Waals surface area contributed by atoms with Crippen molar-refractivity contribution in [2.45, 2.75) is 50.6 Å². The first-order chi connectivity index (χ1) is 11.0. The lowest BCUT2D eigenvalue weighted by atomic mass is 9.84. The number of carboxylic acid groups (broad SMARTS) is 1. The SMILES string of the molecule is O=C(O)C1CC2CCCCC2N1C(=O)Cc1ccc(F)cc1Cl. The topological polar surface area (TPSA) is 57.6 Å². The van der Waals surface area contributed by atoms with E-state index in [0.29, 0.717) is 12.0 Å². The molecular formula is C17H19ClFNO3. The number of fused-ring (bicyclic) bond motifs is 1. The van der Waals surface area contributed by atoms with Gasteiger partial charge in [0.2, 0.25) is 5.91 Å². The summed E-state index contributed by atoms with van der Waals surface area (Å²) in [6.07, 6.45) is 4.50. The van der Waals surface area contributed by atoms with Gasteiger partial charge in [0.1, 0.15) is 11.9 Å². The average Bonchev–Trinajstić information content (AvgIpc) is 2.90. The van der Waals surface area contributed by atoms with Crippen LogP contribution in [0.4, 0.5) is 4.39 Å². The maximum atomic E-state index is 13.1. The molecule has 0 aromatic heterocycles. The highest BCUT2D eigenvalue weighted by Gasteiger charge is 2.47. The molecule has 1 saturated carbocycles. The van der Waals surface area contributed by atoms with Gasteiger partial charge in [-0.1, -0.05) is 30.5 Å². The minimum absolute atomic E-state index is 0.00606. The van der Waals surface area contributed by atoms with Crippen LogP contribution in [-0.4, -0.2) is 34.0 Å². The van der Waals surface area contributed by atoms with Crippen LogP contribution in [0.25, 0.3) is 0 Å². The Balaban J connectivity index is 1.82. The fourth-order valence-corrected chi connectivity index (χ4v) is 4.19. The van der Waals surface area contributed by atoms with Crippen LogP contribution in [0.5, 0.6) is 0 Å². The molecule has 1 saturated heterocycles. The summed E-state index contributed by atoms with van der Waals surface area (Å²) in [7, 11) is 0. The van der Waals surface area contributed by atoms with Crippen LogP contribution in [0.2, 0.25) is 5.02 Å². The molecule has 1 aromatic rings. The molecule has 3 rings (SSSR count). The molecule has 0 spiro atoms. The van der Waals surface area contributed by atoms with E-state index in [0.717, 1.165) is 25.7 Å². The number of aliphatic carboxylic acids is 1. The van der Waals surface area contributed by atoms with Crippen LogP contribution < -0.4 is 0 Å². The van der Waals surface area contributed by atoms with E-state index in [1.54, 1.807) is 4.90 Å². The largest absolute Gasteiger partial charge is 0.480 e. The Morgan fingerprint density at radius 2 is 2.04 bits per heavy atom. The molecule has 1 N–H and O–H groups in total. The van der Waals surface area contributed by atoms with Crippen molar-refractivity contribution < 1.29 is 19.1 Å². The van der Waals surface area contributed by atoms with E-state index in [-0.39, 0.29) is 29.3 Å². The molecule has 0 radical (unpaired) electrons. The zero-order valence-electron chi connectivity index (χ0n) is 12.7.